The first-order valence-electron chi connectivity index (χ1n) is 7.23. The maximum Gasteiger partial charge on any atom is 0.214 e. The van der Waals surface area contributed by atoms with Gasteiger partial charge in [-0.2, -0.15) is 0 Å². The van der Waals surface area contributed by atoms with Crippen molar-refractivity contribution >= 4 is 21.5 Å². The van der Waals surface area contributed by atoms with Crippen LogP contribution in [0.3, 0.4) is 0 Å². The molecule has 21 heavy (non-hydrogen) atoms. The van der Waals surface area contributed by atoms with E-state index in [1.54, 1.807) is 0 Å². The molecule has 0 spiro atoms. The van der Waals surface area contributed by atoms with E-state index in [4.69, 9.17) is 0 Å². The summed E-state index contributed by atoms with van der Waals surface area (Å²) in [6.07, 6.45) is 2.13. The second-order valence-corrected chi connectivity index (χ2v) is 5.40. The zero-order valence-electron chi connectivity index (χ0n) is 11.9. The Morgan fingerprint density at radius 1 is 0.667 bits per heavy atom. The van der Waals surface area contributed by atoms with Gasteiger partial charge in [0, 0.05) is 11.1 Å². The Morgan fingerprint density at radius 2 is 1.43 bits per heavy atom. The van der Waals surface area contributed by atoms with Gasteiger partial charge in [0.25, 0.3) is 0 Å². The fourth-order valence-corrected chi connectivity index (χ4v) is 3.07. The Morgan fingerprint density at radius 3 is 2.29 bits per heavy atom. The molecule has 0 radical (unpaired) electrons. The molecule has 1 aromatic heterocycles. The van der Waals surface area contributed by atoms with Crippen LogP contribution in [0.2, 0.25) is 0 Å². The summed E-state index contributed by atoms with van der Waals surface area (Å²) in [4.78, 5) is 3.49. The number of hydrogen-bond acceptors (Lipinski definition) is 0. The van der Waals surface area contributed by atoms with Gasteiger partial charge >= 0.3 is 0 Å². The molecule has 0 aliphatic rings. The Kier molecular flexibility index (Phi) is 2.71. The number of fused-ring (bicyclic) bond motifs is 3. The van der Waals surface area contributed by atoms with Crippen molar-refractivity contribution in [1.82, 2.24) is 0 Å². The number of aromatic amines is 1. The van der Waals surface area contributed by atoms with E-state index in [0.29, 0.717) is 0 Å². The van der Waals surface area contributed by atoms with Crippen LogP contribution < -0.4 is 4.98 Å². The molecular formula is C20H16N+. The van der Waals surface area contributed by atoms with Gasteiger partial charge in [-0.25, -0.2) is 4.98 Å². The van der Waals surface area contributed by atoms with Crippen LogP contribution >= 0.6 is 0 Å². The molecule has 0 unspecified atom stereocenters. The van der Waals surface area contributed by atoms with E-state index < -0.39 is 0 Å². The molecule has 1 N–H and O–H groups in total. The molecule has 0 saturated heterocycles. The van der Waals surface area contributed by atoms with Gasteiger partial charge in [0.2, 0.25) is 5.69 Å². The minimum Gasteiger partial charge on any atom is -0.210 e. The fourth-order valence-electron chi connectivity index (χ4n) is 3.07. The minimum absolute atomic E-state index is 1.19. The first-order valence-corrected chi connectivity index (χ1v) is 7.23. The lowest BCUT2D eigenvalue weighted by Crippen LogP contribution is -2.08. The van der Waals surface area contributed by atoms with E-state index >= 15 is 0 Å². The molecule has 0 bridgehead atoms. The largest absolute Gasteiger partial charge is 0.214 e. The Hall–Kier alpha value is -2.67. The number of H-pyrrole nitrogens is 1. The van der Waals surface area contributed by atoms with Gasteiger partial charge in [-0.05, 0) is 35.2 Å². The van der Waals surface area contributed by atoms with Crippen LogP contribution in [0, 0.1) is 6.92 Å². The molecule has 3 aromatic carbocycles. The van der Waals surface area contributed by atoms with Crippen molar-refractivity contribution in [3.05, 3.63) is 78.5 Å². The lowest BCUT2D eigenvalue weighted by molar-refractivity contribution is -0.363. The van der Waals surface area contributed by atoms with Gasteiger partial charge in [0.15, 0.2) is 6.20 Å². The molecular weight excluding hydrogens is 254 g/mol. The van der Waals surface area contributed by atoms with Crippen molar-refractivity contribution in [2.45, 2.75) is 6.92 Å². The molecule has 0 amide bonds. The summed E-state index contributed by atoms with van der Waals surface area (Å²) >= 11 is 0. The van der Waals surface area contributed by atoms with E-state index in [2.05, 4.69) is 78.8 Å². The zero-order chi connectivity index (χ0) is 14.2. The number of aryl methyl sites for hydroxylation is 1. The molecule has 0 aliphatic carbocycles. The summed E-state index contributed by atoms with van der Waals surface area (Å²) in [5.74, 6) is 0. The molecule has 0 saturated carbocycles. The van der Waals surface area contributed by atoms with Gasteiger partial charge < -0.3 is 0 Å². The third kappa shape index (κ3) is 1.90. The fraction of sp³-hybridized carbons (Fsp3) is 0.0500. The molecule has 0 aliphatic heterocycles. The van der Waals surface area contributed by atoms with Crippen molar-refractivity contribution in [3.63, 3.8) is 0 Å². The van der Waals surface area contributed by atoms with E-state index in [-0.39, 0.29) is 0 Å². The maximum atomic E-state index is 3.49. The number of aromatic nitrogens is 1. The monoisotopic (exact) mass is 270 g/mol. The van der Waals surface area contributed by atoms with Gasteiger partial charge in [0.05, 0.1) is 5.39 Å². The van der Waals surface area contributed by atoms with E-state index in [1.807, 2.05) is 6.07 Å². The van der Waals surface area contributed by atoms with Crippen LogP contribution in [0.5, 0.6) is 0 Å². The van der Waals surface area contributed by atoms with Crippen molar-refractivity contribution in [1.29, 1.82) is 0 Å². The average molecular weight is 270 g/mol. The Bertz CT molecular complexity index is 940. The predicted octanol–water partition coefficient (Wildman–Crippen LogP) is 4.78. The van der Waals surface area contributed by atoms with Crippen LogP contribution in [0.25, 0.3) is 32.8 Å². The van der Waals surface area contributed by atoms with E-state index in [1.165, 1.54) is 38.4 Å². The number of pyridine rings is 1. The second kappa shape index (κ2) is 4.71. The van der Waals surface area contributed by atoms with Crippen molar-refractivity contribution in [2.75, 3.05) is 0 Å². The minimum atomic E-state index is 1.19. The smallest absolute Gasteiger partial charge is 0.210 e. The Labute approximate surface area is 123 Å². The topological polar surface area (TPSA) is 14.1 Å². The number of hydrogen-bond donors (Lipinski definition) is 0. The highest BCUT2D eigenvalue weighted by Crippen LogP contribution is 2.29. The molecule has 0 atom stereocenters. The summed E-state index contributed by atoms with van der Waals surface area (Å²) in [6.45, 7) is 2.19. The summed E-state index contributed by atoms with van der Waals surface area (Å²) in [5, 5.41) is 5.18. The molecule has 0 fully saturated rings. The van der Waals surface area contributed by atoms with Crippen LogP contribution in [0.1, 0.15) is 5.56 Å². The summed E-state index contributed by atoms with van der Waals surface area (Å²) in [5.41, 5.74) is 3.72. The van der Waals surface area contributed by atoms with Crippen molar-refractivity contribution in [2.24, 2.45) is 0 Å². The lowest BCUT2D eigenvalue weighted by Gasteiger charge is -2.06. The lowest BCUT2D eigenvalue weighted by atomic mass is 9.97. The summed E-state index contributed by atoms with van der Waals surface area (Å²) in [7, 11) is 0. The number of benzene rings is 3. The number of nitrogens with one attached hydrogen (secondary N) is 1. The third-order valence-corrected chi connectivity index (χ3v) is 4.17. The molecule has 1 nitrogen and oxygen atoms in total. The first kappa shape index (κ1) is 12.1. The molecule has 4 aromatic rings. The molecule has 100 valence electrons. The normalized spacial score (nSPS) is 11.1. The SMILES string of the molecule is Cc1c(-c2ccccc2)[nH+]cc2c1ccc1ccccc12. The van der Waals surface area contributed by atoms with E-state index in [0.717, 1.165) is 0 Å². The van der Waals surface area contributed by atoms with Crippen molar-refractivity contribution < 1.29 is 4.98 Å². The van der Waals surface area contributed by atoms with Gasteiger partial charge in [-0.15, -0.1) is 0 Å². The zero-order valence-corrected chi connectivity index (χ0v) is 11.9. The predicted molar refractivity (Wildman–Crippen MR) is 88.2 cm³/mol. The standard InChI is InChI=1S/C20H15N/c1-14-17-12-11-15-7-5-6-10-18(15)19(17)13-21-20(14)16-8-3-2-4-9-16/h2-13H,1H3/p+1. The highest BCUT2D eigenvalue weighted by Gasteiger charge is 2.14. The maximum absolute atomic E-state index is 3.49. The molecule has 1 heteroatoms. The second-order valence-electron chi connectivity index (χ2n) is 5.40. The van der Waals surface area contributed by atoms with Crippen LogP contribution in [-0.2, 0) is 0 Å². The van der Waals surface area contributed by atoms with Crippen LogP contribution in [0.4, 0.5) is 0 Å². The van der Waals surface area contributed by atoms with E-state index in [9.17, 15) is 0 Å². The van der Waals surface area contributed by atoms with Gasteiger partial charge in [-0.3, -0.25) is 0 Å². The summed E-state index contributed by atoms with van der Waals surface area (Å²) in [6, 6.07) is 23.5. The van der Waals surface area contributed by atoms with Crippen LogP contribution in [-0.4, -0.2) is 0 Å². The highest BCUT2D eigenvalue weighted by atomic mass is 14.7. The average Bonchev–Trinajstić information content (AvgIpc) is 2.56. The Balaban J connectivity index is 2.06. The highest BCUT2D eigenvalue weighted by molar-refractivity contribution is 6.08. The van der Waals surface area contributed by atoms with Crippen LogP contribution in [0.15, 0.2) is 72.9 Å². The summed E-state index contributed by atoms with van der Waals surface area (Å²) < 4.78 is 0. The number of rotatable bonds is 1. The molecule has 4 rings (SSSR count). The van der Waals surface area contributed by atoms with Crippen molar-refractivity contribution in [3.8, 4) is 11.3 Å². The first-order chi connectivity index (χ1) is 10.3. The third-order valence-electron chi connectivity index (χ3n) is 4.17. The van der Waals surface area contributed by atoms with Gasteiger partial charge in [-0.1, -0.05) is 54.6 Å². The quantitative estimate of drug-likeness (QED) is 0.442. The van der Waals surface area contributed by atoms with Gasteiger partial charge in [0.1, 0.15) is 0 Å². The molecule has 1 heterocycles.